The second-order valence-electron chi connectivity index (χ2n) is 5.89. The highest BCUT2D eigenvalue weighted by atomic mass is 16.2. The standard InChI is InChI=1S/C14H24N4O/c19-14-17-9-4-3-7-13(17)16-18(14)10-8-15-11-12-5-1-2-6-12/h12,15H,1-11H2. The van der Waals surface area contributed by atoms with Crippen LogP contribution in [-0.4, -0.2) is 27.4 Å². The molecule has 0 radical (unpaired) electrons. The van der Waals surface area contributed by atoms with Crippen molar-refractivity contribution in [1.29, 1.82) is 0 Å². The van der Waals surface area contributed by atoms with E-state index in [0.29, 0.717) is 6.54 Å². The van der Waals surface area contributed by atoms with Gasteiger partial charge in [0.05, 0.1) is 6.54 Å². The summed E-state index contributed by atoms with van der Waals surface area (Å²) in [4.78, 5) is 12.1. The summed E-state index contributed by atoms with van der Waals surface area (Å²) in [6, 6.07) is 0. The maximum Gasteiger partial charge on any atom is 0.345 e. The van der Waals surface area contributed by atoms with Crippen molar-refractivity contribution >= 4 is 0 Å². The monoisotopic (exact) mass is 264 g/mol. The van der Waals surface area contributed by atoms with E-state index in [-0.39, 0.29) is 5.69 Å². The molecule has 0 unspecified atom stereocenters. The van der Waals surface area contributed by atoms with Crippen LogP contribution in [0.5, 0.6) is 0 Å². The number of aryl methyl sites for hydroxylation is 1. The van der Waals surface area contributed by atoms with Gasteiger partial charge in [0.1, 0.15) is 5.82 Å². The smallest absolute Gasteiger partial charge is 0.315 e. The van der Waals surface area contributed by atoms with Crippen molar-refractivity contribution in [2.75, 3.05) is 13.1 Å². The Morgan fingerprint density at radius 3 is 2.84 bits per heavy atom. The number of fused-ring (bicyclic) bond motifs is 1. The molecule has 1 aliphatic carbocycles. The first kappa shape index (κ1) is 12.9. The van der Waals surface area contributed by atoms with Crippen molar-refractivity contribution in [3.05, 3.63) is 16.3 Å². The van der Waals surface area contributed by atoms with E-state index >= 15 is 0 Å². The van der Waals surface area contributed by atoms with Crippen LogP contribution in [0.3, 0.4) is 0 Å². The molecule has 1 N–H and O–H groups in total. The van der Waals surface area contributed by atoms with E-state index in [9.17, 15) is 4.79 Å². The molecule has 1 aromatic heterocycles. The van der Waals surface area contributed by atoms with Gasteiger partial charge in [-0.1, -0.05) is 12.8 Å². The molecule has 2 aliphatic rings. The van der Waals surface area contributed by atoms with Crippen LogP contribution in [-0.2, 0) is 19.5 Å². The Labute approximate surface area is 114 Å². The van der Waals surface area contributed by atoms with Gasteiger partial charge in [-0.15, -0.1) is 0 Å². The number of nitrogens with one attached hydrogen (secondary N) is 1. The number of hydrogen-bond acceptors (Lipinski definition) is 3. The van der Waals surface area contributed by atoms with Crippen molar-refractivity contribution in [2.24, 2.45) is 5.92 Å². The highest BCUT2D eigenvalue weighted by molar-refractivity contribution is 4.91. The average Bonchev–Trinajstić information content (AvgIpc) is 3.04. The molecule has 0 saturated heterocycles. The lowest BCUT2D eigenvalue weighted by molar-refractivity contribution is 0.461. The molecule has 1 saturated carbocycles. The van der Waals surface area contributed by atoms with Gasteiger partial charge in [0.15, 0.2) is 0 Å². The highest BCUT2D eigenvalue weighted by Crippen LogP contribution is 2.23. The number of hydrogen-bond donors (Lipinski definition) is 1. The molecule has 0 bridgehead atoms. The fraction of sp³-hybridized carbons (Fsp3) is 0.857. The minimum atomic E-state index is 0.0809. The van der Waals surface area contributed by atoms with Gasteiger partial charge in [0.25, 0.3) is 0 Å². The predicted molar refractivity (Wildman–Crippen MR) is 74.3 cm³/mol. The Bertz CT molecular complexity index is 470. The van der Waals surface area contributed by atoms with Gasteiger partial charge in [-0.3, -0.25) is 4.57 Å². The van der Waals surface area contributed by atoms with Crippen LogP contribution < -0.4 is 11.0 Å². The third kappa shape index (κ3) is 2.91. The van der Waals surface area contributed by atoms with E-state index in [1.165, 1.54) is 25.7 Å². The largest absolute Gasteiger partial charge is 0.345 e. The van der Waals surface area contributed by atoms with E-state index in [2.05, 4.69) is 10.4 Å². The maximum absolute atomic E-state index is 12.1. The quantitative estimate of drug-likeness (QED) is 0.812. The molecule has 106 valence electrons. The van der Waals surface area contributed by atoms with Gasteiger partial charge in [0, 0.05) is 19.5 Å². The van der Waals surface area contributed by atoms with E-state index in [1.54, 1.807) is 4.68 Å². The normalized spacial score (nSPS) is 19.8. The van der Waals surface area contributed by atoms with Crippen LogP contribution in [0.1, 0.15) is 44.3 Å². The number of nitrogens with zero attached hydrogens (tertiary/aromatic N) is 3. The predicted octanol–water partition coefficient (Wildman–Crippen LogP) is 1.16. The molecule has 1 aliphatic heterocycles. The van der Waals surface area contributed by atoms with E-state index < -0.39 is 0 Å². The maximum atomic E-state index is 12.1. The molecule has 1 aromatic rings. The van der Waals surface area contributed by atoms with Crippen molar-refractivity contribution < 1.29 is 0 Å². The Hall–Kier alpha value is -1.10. The molecule has 0 atom stereocenters. The zero-order chi connectivity index (χ0) is 13.1. The Morgan fingerprint density at radius 1 is 1.21 bits per heavy atom. The zero-order valence-corrected chi connectivity index (χ0v) is 11.6. The molecular formula is C14H24N4O. The first-order chi connectivity index (χ1) is 9.34. The first-order valence-electron chi connectivity index (χ1n) is 7.72. The van der Waals surface area contributed by atoms with E-state index in [4.69, 9.17) is 0 Å². The van der Waals surface area contributed by atoms with Crippen molar-refractivity contribution in [3.8, 4) is 0 Å². The molecule has 0 amide bonds. The summed E-state index contributed by atoms with van der Waals surface area (Å²) < 4.78 is 3.49. The van der Waals surface area contributed by atoms with Crippen LogP contribution in [0.15, 0.2) is 4.79 Å². The third-order valence-corrected chi connectivity index (χ3v) is 4.44. The van der Waals surface area contributed by atoms with Crippen molar-refractivity contribution in [2.45, 2.75) is 58.0 Å². The minimum absolute atomic E-state index is 0.0809. The van der Waals surface area contributed by atoms with Crippen LogP contribution in [0.2, 0.25) is 0 Å². The Morgan fingerprint density at radius 2 is 2.05 bits per heavy atom. The molecule has 5 heteroatoms. The summed E-state index contributed by atoms with van der Waals surface area (Å²) in [5.41, 5.74) is 0.0809. The van der Waals surface area contributed by atoms with Crippen molar-refractivity contribution in [1.82, 2.24) is 19.7 Å². The number of rotatable bonds is 5. The summed E-state index contributed by atoms with van der Waals surface area (Å²) in [7, 11) is 0. The Kier molecular flexibility index (Phi) is 4.01. The average molecular weight is 264 g/mol. The van der Waals surface area contributed by atoms with Crippen LogP contribution >= 0.6 is 0 Å². The SMILES string of the molecule is O=c1n(CCNCC2CCCC2)nc2n1CCCC2. The molecule has 2 heterocycles. The lowest BCUT2D eigenvalue weighted by atomic mass is 10.1. The summed E-state index contributed by atoms with van der Waals surface area (Å²) in [6.45, 7) is 3.50. The molecule has 19 heavy (non-hydrogen) atoms. The van der Waals surface area contributed by atoms with E-state index in [0.717, 1.165) is 50.6 Å². The summed E-state index contributed by atoms with van der Waals surface area (Å²) in [5.74, 6) is 1.83. The minimum Gasteiger partial charge on any atom is -0.315 e. The topological polar surface area (TPSA) is 51.9 Å². The van der Waals surface area contributed by atoms with Crippen LogP contribution in [0.4, 0.5) is 0 Å². The second kappa shape index (κ2) is 5.90. The van der Waals surface area contributed by atoms with Gasteiger partial charge < -0.3 is 5.32 Å². The molecular weight excluding hydrogens is 240 g/mol. The highest BCUT2D eigenvalue weighted by Gasteiger charge is 2.17. The van der Waals surface area contributed by atoms with Gasteiger partial charge in [-0.25, -0.2) is 9.48 Å². The molecule has 0 aromatic carbocycles. The summed E-state index contributed by atoms with van der Waals surface area (Å²) >= 11 is 0. The fourth-order valence-electron chi connectivity index (χ4n) is 3.30. The van der Waals surface area contributed by atoms with Gasteiger partial charge in [-0.05, 0) is 38.1 Å². The lowest BCUT2D eigenvalue weighted by Gasteiger charge is -2.09. The zero-order valence-electron chi connectivity index (χ0n) is 11.6. The summed E-state index contributed by atoms with van der Waals surface area (Å²) in [5, 5.41) is 7.92. The molecule has 3 rings (SSSR count). The molecule has 0 spiro atoms. The van der Waals surface area contributed by atoms with Crippen LogP contribution in [0, 0.1) is 5.92 Å². The van der Waals surface area contributed by atoms with Crippen molar-refractivity contribution in [3.63, 3.8) is 0 Å². The third-order valence-electron chi connectivity index (χ3n) is 4.44. The van der Waals surface area contributed by atoms with Gasteiger partial charge in [0.2, 0.25) is 0 Å². The lowest BCUT2D eigenvalue weighted by Crippen LogP contribution is -2.31. The Balaban J connectivity index is 1.49. The second-order valence-corrected chi connectivity index (χ2v) is 5.89. The number of aromatic nitrogens is 3. The first-order valence-corrected chi connectivity index (χ1v) is 7.72. The van der Waals surface area contributed by atoms with Gasteiger partial charge >= 0.3 is 5.69 Å². The van der Waals surface area contributed by atoms with Gasteiger partial charge in [-0.2, -0.15) is 5.10 Å². The van der Waals surface area contributed by atoms with E-state index in [1.807, 2.05) is 4.57 Å². The summed E-state index contributed by atoms with van der Waals surface area (Å²) in [6.07, 6.45) is 8.74. The molecule has 5 nitrogen and oxygen atoms in total. The molecule has 1 fully saturated rings. The fourth-order valence-corrected chi connectivity index (χ4v) is 3.30. The van der Waals surface area contributed by atoms with Crippen LogP contribution in [0.25, 0.3) is 0 Å².